The summed E-state index contributed by atoms with van der Waals surface area (Å²) in [6.07, 6.45) is 8.92. The predicted molar refractivity (Wildman–Crippen MR) is 118 cm³/mol. The molecule has 166 valence electrons. The van der Waals surface area contributed by atoms with Gasteiger partial charge in [0.05, 0.1) is 11.8 Å². The number of carbonyl (C=O) groups excluding carboxylic acids is 2. The zero-order valence-corrected chi connectivity index (χ0v) is 18.5. The summed E-state index contributed by atoms with van der Waals surface area (Å²) in [4.78, 5) is 34.2. The van der Waals surface area contributed by atoms with Gasteiger partial charge in [-0.1, -0.05) is 19.1 Å². The molecule has 4 unspecified atom stereocenters. The number of amides is 2. The van der Waals surface area contributed by atoms with E-state index in [4.69, 9.17) is 0 Å². The van der Waals surface area contributed by atoms with Gasteiger partial charge in [-0.2, -0.15) is 0 Å². The van der Waals surface area contributed by atoms with E-state index in [1.807, 2.05) is 6.92 Å². The number of likely N-dealkylation sites (tertiary alicyclic amines) is 2. The molecule has 4 aliphatic rings. The minimum atomic E-state index is -0.104. The quantitative estimate of drug-likeness (QED) is 0.206. The van der Waals surface area contributed by atoms with Gasteiger partial charge in [-0.05, 0) is 70.0 Å². The molecule has 0 spiro atoms. The van der Waals surface area contributed by atoms with Gasteiger partial charge in [0, 0.05) is 26.2 Å². The van der Waals surface area contributed by atoms with Gasteiger partial charge in [0.2, 0.25) is 11.8 Å². The van der Waals surface area contributed by atoms with Crippen LogP contribution in [0.4, 0.5) is 0 Å². The van der Waals surface area contributed by atoms with Crippen molar-refractivity contribution in [3.63, 3.8) is 0 Å². The van der Waals surface area contributed by atoms with Crippen molar-refractivity contribution in [2.45, 2.75) is 39.5 Å². The zero-order valence-electron chi connectivity index (χ0n) is 18.5. The monoisotopic (exact) mass is 415 g/mol. The fourth-order valence-electron chi connectivity index (χ4n) is 5.58. The van der Waals surface area contributed by atoms with E-state index >= 15 is 0 Å². The lowest BCUT2D eigenvalue weighted by Crippen LogP contribution is -2.43. The standard InChI is InChI=1S/C23H37N5O2/c1-3-24-23(25-9-4-11-27-12-7-16(2)8-13-27)26-10-14-28-21(29)19-17-5-6-18(15-17)20(19)22(28)30/h5-6,16-20H,3-4,7-15H2,1-2H3,(H2,24,25,26). The fraction of sp³-hybridized carbons (Fsp3) is 0.783. The van der Waals surface area contributed by atoms with E-state index in [0.717, 1.165) is 44.4 Å². The van der Waals surface area contributed by atoms with Crippen LogP contribution in [0, 0.1) is 29.6 Å². The Balaban J connectivity index is 1.20. The fourth-order valence-corrected chi connectivity index (χ4v) is 5.58. The van der Waals surface area contributed by atoms with Crippen LogP contribution in [-0.2, 0) is 9.59 Å². The van der Waals surface area contributed by atoms with Crippen LogP contribution >= 0.6 is 0 Å². The van der Waals surface area contributed by atoms with Crippen molar-refractivity contribution in [1.29, 1.82) is 0 Å². The number of hydrogen-bond donors (Lipinski definition) is 2. The normalized spacial score (nSPS) is 31.7. The van der Waals surface area contributed by atoms with Crippen molar-refractivity contribution < 1.29 is 9.59 Å². The molecular formula is C23H37N5O2. The summed E-state index contributed by atoms with van der Waals surface area (Å²) in [5.74, 6) is 2.03. The first-order valence-corrected chi connectivity index (χ1v) is 11.9. The lowest BCUT2D eigenvalue weighted by atomic mass is 9.85. The highest BCUT2D eigenvalue weighted by Crippen LogP contribution is 2.52. The summed E-state index contributed by atoms with van der Waals surface area (Å²) in [5.41, 5.74) is 0. The summed E-state index contributed by atoms with van der Waals surface area (Å²) in [5, 5.41) is 6.57. The smallest absolute Gasteiger partial charge is 0.233 e. The van der Waals surface area contributed by atoms with Crippen LogP contribution in [0.25, 0.3) is 0 Å². The Morgan fingerprint density at radius 2 is 1.73 bits per heavy atom. The maximum absolute atomic E-state index is 12.8. The molecule has 0 aromatic carbocycles. The minimum Gasteiger partial charge on any atom is -0.357 e. The molecule has 2 heterocycles. The third kappa shape index (κ3) is 4.41. The van der Waals surface area contributed by atoms with Gasteiger partial charge < -0.3 is 15.5 Å². The number of imide groups is 1. The number of piperidine rings is 1. The number of nitrogens with zero attached hydrogens (tertiary/aromatic N) is 3. The first kappa shape index (κ1) is 21.3. The molecule has 4 atom stereocenters. The van der Waals surface area contributed by atoms with Crippen molar-refractivity contribution in [2.24, 2.45) is 34.6 Å². The molecule has 2 N–H and O–H groups in total. The molecule has 4 rings (SSSR count). The van der Waals surface area contributed by atoms with Crippen molar-refractivity contribution in [1.82, 2.24) is 20.4 Å². The van der Waals surface area contributed by atoms with E-state index in [2.05, 4.69) is 39.6 Å². The van der Waals surface area contributed by atoms with Gasteiger partial charge >= 0.3 is 0 Å². The van der Waals surface area contributed by atoms with Crippen molar-refractivity contribution in [3.8, 4) is 0 Å². The molecule has 2 aliphatic heterocycles. The first-order chi connectivity index (χ1) is 14.6. The molecule has 7 heteroatoms. The van der Waals surface area contributed by atoms with Crippen LogP contribution in [0.3, 0.4) is 0 Å². The minimum absolute atomic E-state index is 0.0291. The van der Waals surface area contributed by atoms with Gasteiger partial charge in [-0.3, -0.25) is 19.5 Å². The largest absolute Gasteiger partial charge is 0.357 e. The van der Waals surface area contributed by atoms with Crippen LogP contribution in [-0.4, -0.2) is 73.4 Å². The Kier molecular flexibility index (Phi) is 6.76. The molecule has 2 saturated heterocycles. The Hall–Kier alpha value is -1.89. The highest BCUT2D eigenvalue weighted by Gasteiger charge is 2.58. The lowest BCUT2D eigenvalue weighted by Gasteiger charge is -2.29. The number of allylic oxidation sites excluding steroid dienone is 2. The second kappa shape index (κ2) is 9.50. The van der Waals surface area contributed by atoms with Crippen LogP contribution in [0.1, 0.15) is 39.5 Å². The number of guanidine groups is 1. The molecular weight excluding hydrogens is 378 g/mol. The lowest BCUT2D eigenvalue weighted by molar-refractivity contribution is -0.140. The van der Waals surface area contributed by atoms with Crippen molar-refractivity contribution in [3.05, 3.63) is 12.2 Å². The van der Waals surface area contributed by atoms with E-state index in [9.17, 15) is 9.59 Å². The maximum atomic E-state index is 12.8. The summed E-state index contributed by atoms with van der Waals surface area (Å²) in [7, 11) is 0. The highest BCUT2D eigenvalue weighted by molar-refractivity contribution is 6.06. The van der Waals surface area contributed by atoms with Gasteiger partial charge in [0.25, 0.3) is 0 Å². The van der Waals surface area contributed by atoms with Crippen LogP contribution < -0.4 is 10.6 Å². The topological polar surface area (TPSA) is 77.0 Å². The van der Waals surface area contributed by atoms with E-state index in [0.29, 0.717) is 13.1 Å². The van der Waals surface area contributed by atoms with Crippen molar-refractivity contribution in [2.75, 3.05) is 45.8 Å². The van der Waals surface area contributed by atoms with Gasteiger partial charge in [-0.15, -0.1) is 0 Å². The maximum Gasteiger partial charge on any atom is 0.233 e. The third-order valence-corrected chi connectivity index (χ3v) is 7.31. The van der Waals surface area contributed by atoms with E-state index in [-0.39, 0.29) is 35.5 Å². The average Bonchev–Trinajstić information content (AvgIpc) is 3.42. The molecule has 2 bridgehead atoms. The Labute approximate surface area is 180 Å². The Morgan fingerprint density at radius 3 is 2.37 bits per heavy atom. The van der Waals surface area contributed by atoms with Crippen molar-refractivity contribution >= 4 is 17.8 Å². The number of nitrogens with one attached hydrogen (secondary N) is 2. The molecule has 0 aromatic rings. The second-order valence-corrected chi connectivity index (χ2v) is 9.39. The van der Waals surface area contributed by atoms with Gasteiger partial charge in [0.1, 0.15) is 0 Å². The number of fused-ring (bicyclic) bond motifs is 5. The number of carbonyl (C=O) groups is 2. The number of hydrogen-bond acceptors (Lipinski definition) is 4. The van der Waals surface area contributed by atoms with Crippen LogP contribution in [0.15, 0.2) is 17.1 Å². The Morgan fingerprint density at radius 1 is 1.07 bits per heavy atom. The summed E-state index contributed by atoms with van der Waals surface area (Å²) < 4.78 is 0. The molecule has 2 aliphatic carbocycles. The third-order valence-electron chi connectivity index (χ3n) is 7.31. The summed E-state index contributed by atoms with van der Waals surface area (Å²) in [6.45, 7) is 10.4. The average molecular weight is 416 g/mol. The van der Waals surface area contributed by atoms with Crippen LogP contribution in [0.2, 0.25) is 0 Å². The highest BCUT2D eigenvalue weighted by atomic mass is 16.2. The molecule has 0 radical (unpaired) electrons. The molecule has 7 nitrogen and oxygen atoms in total. The first-order valence-electron chi connectivity index (χ1n) is 11.9. The number of rotatable bonds is 8. The molecule has 30 heavy (non-hydrogen) atoms. The van der Waals surface area contributed by atoms with Crippen LogP contribution in [0.5, 0.6) is 0 Å². The second-order valence-electron chi connectivity index (χ2n) is 9.39. The van der Waals surface area contributed by atoms with E-state index in [1.54, 1.807) is 0 Å². The molecule has 2 amide bonds. The molecule has 0 aromatic heterocycles. The SMILES string of the molecule is CCNC(=NCCCN1CCC(C)CC1)NCCN1C(=O)C2C3C=CC(C3)C2C1=O. The van der Waals surface area contributed by atoms with Gasteiger partial charge in [0.15, 0.2) is 5.96 Å². The summed E-state index contributed by atoms with van der Waals surface area (Å²) >= 11 is 0. The van der Waals surface area contributed by atoms with E-state index in [1.165, 1.54) is 30.8 Å². The summed E-state index contributed by atoms with van der Waals surface area (Å²) in [6, 6.07) is 0. The number of aliphatic imine (C=N–C) groups is 1. The molecule has 3 fully saturated rings. The van der Waals surface area contributed by atoms with E-state index < -0.39 is 0 Å². The zero-order chi connectivity index (χ0) is 21.1. The Bertz CT molecular complexity index is 668. The van der Waals surface area contributed by atoms with Gasteiger partial charge in [-0.25, -0.2) is 0 Å². The predicted octanol–water partition coefficient (Wildman–Crippen LogP) is 1.47. The molecule has 1 saturated carbocycles.